The average molecular weight is 217 g/mol. The van der Waals surface area contributed by atoms with Crippen LogP contribution in [0.25, 0.3) is 0 Å². The summed E-state index contributed by atoms with van der Waals surface area (Å²) in [5.74, 6) is 0.406. The molecule has 0 N–H and O–H groups in total. The highest BCUT2D eigenvalue weighted by Gasteiger charge is 2.15. The van der Waals surface area contributed by atoms with E-state index in [0.717, 1.165) is 12.8 Å². The summed E-state index contributed by atoms with van der Waals surface area (Å²) in [7, 11) is 0. The number of hydrogen-bond acceptors (Lipinski definition) is 3. The predicted molar refractivity (Wildman–Crippen MR) is 59.4 cm³/mol. The van der Waals surface area contributed by atoms with Gasteiger partial charge < -0.3 is 4.74 Å². The summed E-state index contributed by atoms with van der Waals surface area (Å²) in [6.07, 6.45) is 1.57. The van der Waals surface area contributed by atoms with Crippen molar-refractivity contribution in [2.45, 2.75) is 40.5 Å². The fourth-order valence-electron chi connectivity index (χ4n) is 0.945. The van der Waals surface area contributed by atoms with Gasteiger partial charge in [0.05, 0.1) is 19.8 Å². The Labute approximate surface area is 92.5 Å². The highest BCUT2D eigenvalue weighted by atomic mass is 16.7. The molecular weight excluding hydrogens is 194 g/mol. The summed E-state index contributed by atoms with van der Waals surface area (Å²) in [4.78, 5) is 16.8. The molecule has 0 unspecified atom stereocenters. The Morgan fingerprint density at radius 1 is 1.33 bits per heavy atom. The van der Waals surface area contributed by atoms with Gasteiger partial charge in [-0.15, -0.1) is 0 Å². The van der Waals surface area contributed by atoms with E-state index in [9.17, 15) is 4.79 Å². The second-order valence-electron chi connectivity index (χ2n) is 3.84. The second-order valence-corrected chi connectivity index (χ2v) is 3.84. The number of hydroxylamine groups is 2. The maximum absolute atomic E-state index is 11.4. The number of unbranched alkanes of at least 4 members (excludes halogenated alkanes) is 1. The molecule has 0 atom stereocenters. The van der Waals surface area contributed by atoms with Gasteiger partial charge in [-0.05, 0) is 19.3 Å². The van der Waals surface area contributed by atoms with Crippen LogP contribution in [0.2, 0.25) is 0 Å². The molecule has 0 aromatic carbocycles. The number of carbonyl (C=O) groups is 1. The maximum atomic E-state index is 11.4. The Morgan fingerprint density at radius 3 is 2.47 bits per heavy atom. The number of amides is 1. The summed E-state index contributed by atoms with van der Waals surface area (Å²) in [6.45, 7) is 9.48. The molecule has 0 radical (unpaired) electrons. The van der Waals surface area contributed by atoms with E-state index in [-0.39, 0.29) is 6.09 Å². The Bertz CT molecular complexity index is 171. The van der Waals surface area contributed by atoms with Crippen molar-refractivity contribution in [1.82, 2.24) is 5.06 Å². The lowest BCUT2D eigenvalue weighted by molar-refractivity contribution is -0.144. The lowest BCUT2D eigenvalue weighted by Crippen LogP contribution is -2.33. The molecule has 0 saturated heterocycles. The van der Waals surface area contributed by atoms with Gasteiger partial charge in [0.1, 0.15) is 0 Å². The van der Waals surface area contributed by atoms with Crippen molar-refractivity contribution in [2.24, 2.45) is 5.92 Å². The van der Waals surface area contributed by atoms with Gasteiger partial charge >= 0.3 is 6.09 Å². The quantitative estimate of drug-likeness (QED) is 0.615. The van der Waals surface area contributed by atoms with Crippen molar-refractivity contribution < 1.29 is 14.4 Å². The molecule has 0 saturated carbocycles. The molecule has 90 valence electrons. The first-order valence-corrected chi connectivity index (χ1v) is 5.69. The van der Waals surface area contributed by atoms with Crippen LogP contribution in [-0.2, 0) is 9.57 Å². The van der Waals surface area contributed by atoms with Crippen molar-refractivity contribution in [3.05, 3.63) is 0 Å². The molecule has 4 heteroatoms. The van der Waals surface area contributed by atoms with E-state index in [1.165, 1.54) is 5.06 Å². The Morgan fingerprint density at radius 2 is 2.00 bits per heavy atom. The standard InChI is InChI=1S/C11H23NO3/c1-5-7-8-12(11(13)14-6-2)15-9-10(3)4/h10H,5-9H2,1-4H3. The maximum Gasteiger partial charge on any atom is 0.433 e. The van der Waals surface area contributed by atoms with E-state index >= 15 is 0 Å². The van der Waals surface area contributed by atoms with Crippen molar-refractivity contribution >= 4 is 6.09 Å². The first-order valence-electron chi connectivity index (χ1n) is 5.69. The van der Waals surface area contributed by atoms with Crippen LogP contribution in [0.5, 0.6) is 0 Å². The third kappa shape index (κ3) is 7.19. The van der Waals surface area contributed by atoms with Crippen molar-refractivity contribution in [2.75, 3.05) is 19.8 Å². The Hall–Kier alpha value is -0.770. The molecule has 0 rings (SSSR count). The summed E-state index contributed by atoms with van der Waals surface area (Å²) in [5, 5.41) is 1.33. The SMILES string of the molecule is CCCCN(OCC(C)C)C(=O)OCC. The molecule has 15 heavy (non-hydrogen) atoms. The topological polar surface area (TPSA) is 38.8 Å². The zero-order chi connectivity index (χ0) is 11.7. The van der Waals surface area contributed by atoms with Crippen LogP contribution in [0.1, 0.15) is 40.5 Å². The summed E-state index contributed by atoms with van der Waals surface area (Å²) in [5.41, 5.74) is 0. The fourth-order valence-corrected chi connectivity index (χ4v) is 0.945. The molecule has 0 bridgehead atoms. The minimum absolute atomic E-state index is 0.381. The van der Waals surface area contributed by atoms with Crippen molar-refractivity contribution in [1.29, 1.82) is 0 Å². The highest BCUT2D eigenvalue weighted by molar-refractivity contribution is 5.66. The average Bonchev–Trinajstić information content (AvgIpc) is 2.17. The highest BCUT2D eigenvalue weighted by Crippen LogP contribution is 2.03. The number of hydrogen-bond donors (Lipinski definition) is 0. The van der Waals surface area contributed by atoms with Crippen LogP contribution in [0.3, 0.4) is 0 Å². The molecule has 4 nitrogen and oxygen atoms in total. The van der Waals surface area contributed by atoms with Crippen LogP contribution < -0.4 is 0 Å². The summed E-state index contributed by atoms with van der Waals surface area (Å²) < 4.78 is 4.90. The molecular formula is C11H23NO3. The monoisotopic (exact) mass is 217 g/mol. The zero-order valence-corrected chi connectivity index (χ0v) is 10.3. The van der Waals surface area contributed by atoms with Gasteiger partial charge in [0.25, 0.3) is 0 Å². The molecule has 0 aliphatic heterocycles. The third-order valence-corrected chi connectivity index (χ3v) is 1.75. The van der Waals surface area contributed by atoms with Crippen LogP contribution >= 0.6 is 0 Å². The molecule has 0 fully saturated rings. The molecule has 0 spiro atoms. The lowest BCUT2D eigenvalue weighted by Gasteiger charge is -2.21. The zero-order valence-electron chi connectivity index (χ0n) is 10.3. The first kappa shape index (κ1) is 14.2. The van der Waals surface area contributed by atoms with E-state index in [0.29, 0.717) is 25.7 Å². The van der Waals surface area contributed by atoms with Crippen LogP contribution in [0.15, 0.2) is 0 Å². The van der Waals surface area contributed by atoms with Crippen LogP contribution in [0.4, 0.5) is 4.79 Å². The molecule has 1 amide bonds. The van der Waals surface area contributed by atoms with Gasteiger partial charge in [-0.1, -0.05) is 27.2 Å². The van der Waals surface area contributed by atoms with Gasteiger partial charge in [-0.2, -0.15) is 5.06 Å². The van der Waals surface area contributed by atoms with E-state index in [4.69, 9.17) is 9.57 Å². The predicted octanol–water partition coefficient (Wildman–Crippen LogP) is 2.83. The largest absolute Gasteiger partial charge is 0.448 e. The minimum Gasteiger partial charge on any atom is -0.448 e. The Kier molecular flexibility index (Phi) is 8.09. The normalized spacial score (nSPS) is 10.5. The van der Waals surface area contributed by atoms with Crippen LogP contribution in [-0.4, -0.2) is 30.9 Å². The summed E-state index contributed by atoms with van der Waals surface area (Å²) in [6, 6.07) is 0. The Balaban J connectivity index is 3.98. The molecule has 0 aliphatic rings. The number of rotatable bonds is 7. The summed E-state index contributed by atoms with van der Waals surface area (Å²) >= 11 is 0. The van der Waals surface area contributed by atoms with Gasteiger partial charge in [0.2, 0.25) is 0 Å². The van der Waals surface area contributed by atoms with Crippen LogP contribution in [0, 0.1) is 5.92 Å². The molecule has 0 aromatic rings. The van der Waals surface area contributed by atoms with Gasteiger partial charge in [-0.25, -0.2) is 4.79 Å². The van der Waals surface area contributed by atoms with Crippen molar-refractivity contribution in [3.8, 4) is 0 Å². The van der Waals surface area contributed by atoms with E-state index in [1.807, 2.05) is 13.8 Å². The van der Waals surface area contributed by atoms with E-state index in [2.05, 4.69) is 6.92 Å². The molecule has 0 aliphatic carbocycles. The second kappa shape index (κ2) is 8.53. The smallest absolute Gasteiger partial charge is 0.433 e. The van der Waals surface area contributed by atoms with Gasteiger partial charge in [0.15, 0.2) is 0 Å². The third-order valence-electron chi connectivity index (χ3n) is 1.75. The molecule has 0 heterocycles. The van der Waals surface area contributed by atoms with Gasteiger partial charge in [0, 0.05) is 0 Å². The number of carbonyl (C=O) groups excluding carboxylic acids is 1. The fraction of sp³-hybridized carbons (Fsp3) is 0.909. The molecule has 0 aromatic heterocycles. The first-order chi connectivity index (χ1) is 7.11. The number of ether oxygens (including phenoxy) is 1. The van der Waals surface area contributed by atoms with E-state index < -0.39 is 0 Å². The lowest BCUT2D eigenvalue weighted by atomic mass is 10.2. The van der Waals surface area contributed by atoms with E-state index in [1.54, 1.807) is 6.92 Å². The minimum atomic E-state index is -0.383. The van der Waals surface area contributed by atoms with Gasteiger partial charge in [-0.3, -0.25) is 4.84 Å². The number of nitrogens with zero attached hydrogens (tertiary/aromatic N) is 1. The van der Waals surface area contributed by atoms with Crippen molar-refractivity contribution in [3.63, 3.8) is 0 Å².